The van der Waals surface area contributed by atoms with Crippen molar-refractivity contribution in [1.29, 1.82) is 0 Å². The Hall–Kier alpha value is -3.16. The number of hydrogen-bond acceptors (Lipinski definition) is 5. The minimum atomic E-state index is -1.06. The van der Waals surface area contributed by atoms with Gasteiger partial charge in [-0.25, -0.2) is 4.39 Å². The zero-order valence-electron chi connectivity index (χ0n) is 17.6. The number of carbonyl (C=O) groups is 2. The summed E-state index contributed by atoms with van der Waals surface area (Å²) in [6.45, 7) is 0.925. The number of aliphatic hydroxyl groups is 1. The number of ketones is 1. The lowest BCUT2D eigenvalue weighted by atomic mass is 9.94. The minimum Gasteiger partial charge on any atom is -0.503 e. The fraction of sp³-hybridized carbons (Fsp3) is 0.250. The van der Waals surface area contributed by atoms with Crippen LogP contribution in [-0.4, -0.2) is 53.8 Å². The van der Waals surface area contributed by atoms with Gasteiger partial charge in [-0.2, -0.15) is 0 Å². The van der Waals surface area contributed by atoms with E-state index in [0.717, 1.165) is 0 Å². The van der Waals surface area contributed by atoms with Gasteiger partial charge in [0.25, 0.3) is 5.91 Å². The van der Waals surface area contributed by atoms with Crippen molar-refractivity contribution in [3.05, 3.63) is 82.0 Å². The number of amides is 1. The first-order valence-corrected chi connectivity index (χ1v) is 10.5. The number of aliphatic hydroxyl groups excluding tert-OH is 1. The molecule has 0 saturated heterocycles. The first-order valence-electron chi connectivity index (χ1n) is 10.1. The average molecular weight is 457 g/mol. The van der Waals surface area contributed by atoms with Crippen LogP contribution >= 0.6 is 11.6 Å². The standard InChI is InChI=1S/C24H22ClFN2O4/c1-27(2)10-5-11-28-21(16-6-3-4-7-17(16)26)20(23(30)24(28)31)22(29)19-13-14-12-15(25)8-9-18(14)32-19/h3-4,6-9,12-13,21,30H,5,10-11H2,1-2H3. The molecule has 0 fully saturated rings. The molecule has 2 heterocycles. The van der Waals surface area contributed by atoms with Crippen LogP contribution in [0.4, 0.5) is 4.39 Å². The zero-order valence-corrected chi connectivity index (χ0v) is 18.4. The van der Waals surface area contributed by atoms with Crippen molar-refractivity contribution in [2.45, 2.75) is 12.5 Å². The van der Waals surface area contributed by atoms with E-state index in [4.69, 9.17) is 16.0 Å². The maximum atomic E-state index is 14.8. The number of furan rings is 1. The number of rotatable bonds is 7. The van der Waals surface area contributed by atoms with Crippen LogP contribution < -0.4 is 0 Å². The molecule has 1 atom stereocenters. The van der Waals surface area contributed by atoms with Crippen LogP contribution in [0.15, 0.2) is 64.3 Å². The van der Waals surface area contributed by atoms with Crippen molar-refractivity contribution in [1.82, 2.24) is 9.80 Å². The maximum Gasteiger partial charge on any atom is 0.290 e. The zero-order chi connectivity index (χ0) is 23.0. The van der Waals surface area contributed by atoms with Gasteiger partial charge in [0.2, 0.25) is 5.78 Å². The van der Waals surface area contributed by atoms with Crippen LogP contribution in [0.25, 0.3) is 11.0 Å². The van der Waals surface area contributed by atoms with Crippen LogP contribution in [0.3, 0.4) is 0 Å². The number of hydrogen-bond donors (Lipinski definition) is 1. The van der Waals surface area contributed by atoms with Crippen LogP contribution in [0, 0.1) is 5.82 Å². The molecule has 0 radical (unpaired) electrons. The smallest absolute Gasteiger partial charge is 0.290 e. The lowest BCUT2D eigenvalue weighted by Gasteiger charge is -2.27. The Bertz CT molecular complexity index is 1230. The van der Waals surface area contributed by atoms with Crippen molar-refractivity contribution >= 4 is 34.3 Å². The van der Waals surface area contributed by atoms with Crippen LogP contribution in [0.2, 0.25) is 5.02 Å². The van der Waals surface area contributed by atoms with E-state index in [1.54, 1.807) is 24.3 Å². The molecule has 4 rings (SSSR count). The fourth-order valence-electron chi connectivity index (χ4n) is 3.95. The fourth-order valence-corrected chi connectivity index (χ4v) is 4.13. The third-order valence-corrected chi connectivity index (χ3v) is 5.69. The Balaban J connectivity index is 1.77. The lowest BCUT2D eigenvalue weighted by molar-refractivity contribution is -0.129. The van der Waals surface area contributed by atoms with Crippen molar-refractivity contribution in [2.24, 2.45) is 0 Å². The first-order chi connectivity index (χ1) is 15.3. The van der Waals surface area contributed by atoms with E-state index < -0.39 is 29.3 Å². The van der Waals surface area contributed by atoms with Gasteiger partial charge < -0.3 is 19.3 Å². The van der Waals surface area contributed by atoms with Gasteiger partial charge in [-0.3, -0.25) is 9.59 Å². The predicted octanol–water partition coefficient (Wildman–Crippen LogP) is 4.76. The quantitative estimate of drug-likeness (QED) is 0.519. The molecule has 1 aliphatic heterocycles. The third-order valence-electron chi connectivity index (χ3n) is 5.45. The number of fused-ring (bicyclic) bond motifs is 1. The van der Waals surface area contributed by atoms with E-state index in [-0.39, 0.29) is 23.4 Å². The van der Waals surface area contributed by atoms with Gasteiger partial charge in [0.05, 0.1) is 11.6 Å². The molecule has 0 spiro atoms. The molecule has 1 N–H and O–H groups in total. The molecule has 2 aromatic carbocycles. The minimum absolute atomic E-state index is 0.0619. The van der Waals surface area contributed by atoms with Crippen LogP contribution in [-0.2, 0) is 4.79 Å². The monoisotopic (exact) mass is 456 g/mol. The second-order valence-electron chi connectivity index (χ2n) is 7.96. The molecule has 1 unspecified atom stereocenters. The highest BCUT2D eigenvalue weighted by Gasteiger charge is 2.45. The third kappa shape index (κ3) is 4.01. The normalized spacial score (nSPS) is 16.6. The number of nitrogens with zero attached hydrogens (tertiary/aromatic N) is 2. The molecule has 0 saturated carbocycles. The van der Waals surface area contributed by atoms with E-state index in [2.05, 4.69) is 0 Å². The molecule has 3 aromatic rings. The molecule has 8 heteroatoms. The number of carbonyl (C=O) groups excluding carboxylic acids is 2. The largest absolute Gasteiger partial charge is 0.503 e. The van der Waals surface area contributed by atoms with E-state index in [0.29, 0.717) is 29.0 Å². The second-order valence-corrected chi connectivity index (χ2v) is 8.40. The molecule has 0 bridgehead atoms. The lowest BCUT2D eigenvalue weighted by Crippen LogP contribution is -2.34. The molecule has 1 aliphatic rings. The Morgan fingerprint density at radius 1 is 1.22 bits per heavy atom. The summed E-state index contributed by atoms with van der Waals surface area (Å²) in [5, 5.41) is 11.8. The summed E-state index contributed by atoms with van der Waals surface area (Å²) < 4.78 is 20.4. The Labute approximate surface area is 189 Å². The van der Waals surface area contributed by atoms with Gasteiger partial charge in [-0.1, -0.05) is 29.8 Å². The molecule has 1 amide bonds. The highest BCUT2D eigenvalue weighted by molar-refractivity contribution is 6.31. The second kappa shape index (κ2) is 8.76. The SMILES string of the molecule is CN(C)CCCN1C(=O)C(O)=C(C(=O)c2cc3cc(Cl)ccc3o2)C1c1ccccc1F. The van der Waals surface area contributed by atoms with E-state index in [1.165, 1.54) is 29.2 Å². The molecular formula is C24H22ClFN2O4. The number of Topliss-reactive ketones (excluding diaryl/α,β-unsaturated/α-hetero) is 1. The summed E-state index contributed by atoms with van der Waals surface area (Å²) in [5.41, 5.74) is 0.375. The summed E-state index contributed by atoms with van der Waals surface area (Å²) in [5.74, 6) is -2.70. The van der Waals surface area contributed by atoms with Gasteiger partial charge in [0, 0.05) is 22.5 Å². The van der Waals surface area contributed by atoms with Gasteiger partial charge in [0.1, 0.15) is 11.4 Å². The van der Waals surface area contributed by atoms with Crippen molar-refractivity contribution < 1.29 is 23.5 Å². The summed E-state index contributed by atoms with van der Waals surface area (Å²) >= 11 is 6.01. The van der Waals surface area contributed by atoms with Crippen molar-refractivity contribution in [2.75, 3.05) is 27.2 Å². The topological polar surface area (TPSA) is 74.0 Å². The summed E-state index contributed by atoms with van der Waals surface area (Å²) in [7, 11) is 3.80. The Morgan fingerprint density at radius 3 is 2.69 bits per heavy atom. The Morgan fingerprint density at radius 2 is 1.97 bits per heavy atom. The van der Waals surface area contributed by atoms with Gasteiger partial charge in [0.15, 0.2) is 11.5 Å². The van der Waals surface area contributed by atoms with Gasteiger partial charge in [-0.15, -0.1) is 0 Å². The van der Waals surface area contributed by atoms with E-state index in [1.807, 2.05) is 19.0 Å². The first kappa shape index (κ1) is 22.0. The van der Waals surface area contributed by atoms with Crippen molar-refractivity contribution in [3.8, 4) is 0 Å². The van der Waals surface area contributed by atoms with Crippen LogP contribution in [0.5, 0.6) is 0 Å². The molecule has 32 heavy (non-hydrogen) atoms. The number of halogens is 2. The summed E-state index contributed by atoms with van der Waals surface area (Å²) in [4.78, 5) is 29.6. The van der Waals surface area contributed by atoms with Gasteiger partial charge in [-0.05, 0) is 57.4 Å². The summed E-state index contributed by atoms with van der Waals surface area (Å²) in [6, 6.07) is 11.3. The maximum absolute atomic E-state index is 14.8. The van der Waals surface area contributed by atoms with Crippen LogP contribution in [0.1, 0.15) is 28.6 Å². The molecule has 6 nitrogen and oxygen atoms in total. The molecule has 0 aliphatic carbocycles. The average Bonchev–Trinajstić information content (AvgIpc) is 3.27. The highest BCUT2D eigenvalue weighted by Crippen LogP contribution is 2.40. The molecular weight excluding hydrogens is 435 g/mol. The Kier molecular flexibility index (Phi) is 6.04. The highest BCUT2D eigenvalue weighted by atomic mass is 35.5. The molecule has 166 valence electrons. The van der Waals surface area contributed by atoms with Gasteiger partial charge >= 0.3 is 0 Å². The predicted molar refractivity (Wildman–Crippen MR) is 119 cm³/mol. The summed E-state index contributed by atoms with van der Waals surface area (Å²) in [6.07, 6.45) is 0.585. The van der Waals surface area contributed by atoms with Crippen molar-refractivity contribution in [3.63, 3.8) is 0 Å². The number of benzene rings is 2. The molecule has 1 aromatic heterocycles. The van der Waals surface area contributed by atoms with E-state index >= 15 is 0 Å². The van der Waals surface area contributed by atoms with E-state index in [9.17, 15) is 19.1 Å².